The van der Waals surface area contributed by atoms with Crippen molar-refractivity contribution in [2.45, 2.75) is 27.4 Å². The van der Waals surface area contributed by atoms with Crippen molar-refractivity contribution >= 4 is 11.9 Å². The van der Waals surface area contributed by atoms with Crippen molar-refractivity contribution < 1.29 is 14.3 Å². The van der Waals surface area contributed by atoms with Gasteiger partial charge in [-0.2, -0.15) is 5.26 Å². The molecule has 0 N–H and O–H groups in total. The first-order valence-corrected chi connectivity index (χ1v) is 8.64. The molecule has 0 spiro atoms. The highest BCUT2D eigenvalue weighted by molar-refractivity contribution is 6.04. The summed E-state index contributed by atoms with van der Waals surface area (Å²) < 4.78 is 11.5. The number of rotatable bonds is 8. The molecule has 0 aliphatic heterocycles. The maximum Gasteiger partial charge on any atom is 0.175 e. The quantitative estimate of drug-likeness (QED) is 0.507. The third kappa shape index (κ3) is 5.22. The van der Waals surface area contributed by atoms with Gasteiger partial charge in [-0.3, -0.25) is 4.79 Å². The summed E-state index contributed by atoms with van der Waals surface area (Å²) in [6.45, 7) is 6.38. The minimum atomic E-state index is -0.222. The fourth-order valence-electron chi connectivity index (χ4n) is 2.37. The van der Waals surface area contributed by atoms with E-state index in [9.17, 15) is 10.1 Å². The molecular weight excluding hydrogens is 326 g/mol. The van der Waals surface area contributed by atoms with Crippen LogP contribution in [0.3, 0.4) is 0 Å². The van der Waals surface area contributed by atoms with Gasteiger partial charge in [0.1, 0.15) is 12.7 Å². The first-order chi connectivity index (χ1) is 12.5. The number of Topliss-reactive ketones (excluding diaryl/α,β-unsaturated/α-hetero) is 1. The van der Waals surface area contributed by atoms with Gasteiger partial charge >= 0.3 is 0 Å². The number of carbonyl (C=O) groups excluding carboxylic acids is 1. The SMILES string of the molecule is CCOc1cc(C=C(C#N)C(=O)C(C)C)ccc1OCc1ccccc1. The number of hydrogen-bond acceptors (Lipinski definition) is 4. The molecule has 2 aromatic rings. The largest absolute Gasteiger partial charge is 0.490 e. The lowest BCUT2D eigenvalue weighted by atomic mass is 10.00. The van der Waals surface area contributed by atoms with Crippen LogP contribution in [-0.2, 0) is 11.4 Å². The van der Waals surface area contributed by atoms with Gasteiger partial charge in [0.2, 0.25) is 0 Å². The van der Waals surface area contributed by atoms with Crippen LogP contribution in [0.1, 0.15) is 31.9 Å². The molecule has 26 heavy (non-hydrogen) atoms. The molecule has 0 fully saturated rings. The summed E-state index contributed by atoms with van der Waals surface area (Å²) in [4.78, 5) is 12.1. The lowest BCUT2D eigenvalue weighted by molar-refractivity contribution is -0.117. The Bertz CT molecular complexity index is 817. The van der Waals surface area contributed by atoms with Crippen molar-refractivity contribution in [3.05, 3.63) is 65.2 Å². The zero-order chi connectivity index (χ0) is 18.9. The van der Waals surface area contributed by atoms with Crippen LogP contribution in [0.4, 0.5) is 0 Å². The Morgan fingerprint density at radius 3 is 2.46 bits per heavy atom. The average molecular weight is 349 g/mol. The number of benzene rings is 2. The third-order valence-corrected chi connectivity index (χ3v) is 3.73. The van der Waals surface area contributed by atoms with Crippen LogP contribution in [0.15, 0.2) is 54.1 Å². The zero-order valence-corrected chi connectivity index (χ0v) is 15.4. The Morgan fingerprint density at radius 1 is 1.12 bits per heavy atom. The minimum absolute atomic E-state index is 0.139. The van der Waals surface area contributed by atoms with Gasteiger partial charge in [-0.15, -0.1) is 0 Å². The summed E-state index contributed by atoms with van der Waals surface area (Å²) in [5.74, 6) is 0.823. The number of ether oxygens (including phenoxy) is 2. The number of nitrogens with zero attached hydrogens (tertiary/aromatic N) is 1. The van der Waals surface area contributed by atoms with E-state index in [1.54, 1.807) is 32.1 Å². The summed E-state index contributed by atoms with van der Waals surface area (Å²) in [6, 6.07) is 17.3. The van der Waals surface area contributed by atoms with Gasteiger partial charge in [0.15, 0.2) is 17.3 Å². The monoisotopic (exact) mass is 349 g/mol. The van der Waals surface area contributed by atoms with E-state index in [0.29, 0.717) is 24.7 Å². The molecule has 0 aliphatic carbocycles. The van der Waals surface area contributed by atoms with Crippen molar-refractivity contribution in [3.8, 4) is 17.6 Å². The number of ketones is 1. The number of carbonyl (C=O) groups is 1. The van der Waals surface area contributed by atoms with Crippen molar-refractivity contribution in [3.63, 3.8) is 0 Å². The van der Waals surface area contributed by atoms with Crippen LogP contribution in [-0.4, -0.2) is 12.4 Å². The van der Waals surface area contributed by atoms with Crippen LogP contribution in [0.25, 0.3) is 6.08 Å². The van der Waals surface area contributed by atoms with Crippen molar-refractivity contribution in [2.24, 2.45) is 5.92 Å². The van der Waals surface area contributed by atoms with Gasteiger partial charge < -0.3 is 9.47 Å². The summed E-state index contributed by atoms with van der Waals surface area (Å²) >= 11 is 0. The highest BCUT2D eigenvalue weighted by atomic mass is 16.5. The van der Waals surface area contributed by atoms with E-state index in [2.05, 4.69) is 0 Å². The number of allylic oxidation sites excluding steroid dienone is 1. The average Bonchev–Trinajstić information content (AvgIpc) is 2.66. The lowest BCUT2D eigenvalue weighted by Gasteiger charge is -2.13. The second-order valence-electron chi connectivity index (χ2n) is 6.10. The third-order valence-electron chi connectivity index (χ3n) is 3.73. The van der Waals surface area contributed by atoms with Gasteiger partial charge in [0.25, 0.3) is 0 Å². The molecule has 0 bridgehead atoms. The Balaban J connectivity index is 2.25. The summed E-state index contributed by atoms with van der Waals surface area (Å²) in [5, 5.41) is 9.25. The van der Waals surface area contributed by atoms with Gasteiger partial charge in [-0.25, -0.2) is 0 Å². The van der Waals surface area contributed by atoms with E-state index >= 15 is 0 Å². The molecule has 0 saturated carbocycles. The van der Waals surface area contributed by atoms with Crippen LogP contribution in [0.2, 0.25) is 0 Å². The molecule has 0 unspecified atom stereocenters. The molecule has 2 rings (SSSR count). The molecule has 4 heteroatoms. The first-order valence-electron chi connectivity index (χ1n) is 8.64. The summed E-state index contributed by atoms with van der Waals surface area (Å²) in [5.41, 5.74) is 1.93. The topological polar surface area (TPSA) is 59.3 Å². The predicted octanol–water partition coefficient (Wildman–Crippen LogP) is 4.80. The molecule has 0 aromatic heterocycles. The molecule has 2 aromatic carbocycles. The van der Waals surface area contributed by atoms with Crippen LogP contribution >= 0.6 is 0 Å². The Morgan fingerprint density at radius 2 is 1.85 bits per heavy atom. The maximum absolute atomic E-state index is 12.1. The molecule has 0 saturated heterocycles. The van der Waals surface area contributed by atoms with E-state index in [1.807, 2.05) is 49.4 Å². The molecule has 4 nitrogen and oxygen atoms in total. The maximum atomic E-state index is 12.1. The highest BCUT2D eigenvalue weighted by Crippen LogP contribution is 2.30. The standard InChI is InChI=1S/C22H23NO3/c1-4-25-21-13-18(12-19(14-23)22(24)16(2)3)10-11-20(21)26-15-17-8-6-5-7-9-17/h5-13,16H,4,15H2,1-3H3. The fraction of sp³-hybridized carbons (Fsp3) is 0.273. The Labute approximate surface area is 154 Å². The van der Waals surface area contributed by atoms with Gasteiger partial charge in [-0.1, -0.05) is 50.2 Å². The van der Waals surface area contributed by atoms with E-state index in [1.165, 1.54) is 0 Å². The Hall–Kier alpha value is -3.06. The molecule has 0 atom stereocenters. The summed E-state index contributed by atoms with van der Waals surface area (Å²) in [7, 11) is 0. The van der Waals surface area contributed by atoms with Crippen LogP contribution in [0, 0.1) is 17.2 Å². The van der Waals surface area contributed by atoms with Crippen molar-refractivity contribution in [1.29, 1.82) is 5.26 Å². The van der Waals surface area contributed by atoms with Crippen LogP contribution in [0.5, 0.6) is 11.5 Å². The van der Waals surface area contributed by atoms with E-state index in [-0.39, 0.29) is 17.3 Å². The van der Waals surface area contributed by atoms with E-state index in [0.717, 1.165) is 11.1 Å². The smallest absolute Gasteiger partial charge is 0.175 e. The zero-order valence-electron chi connectivity index (χ0n) is 15.4. The minimum Gasteiger partial charge on any atom is -0.490 e. The lowest BCUT2D eigenvalue weighted by Crippen LogP contribution is -2.08. The second kappa shape index (κ2) is 9.43. The van der Waals surface area contributed by atoms with E-state index < -0.39 is 0 Å². The molecular formula is C22H23NO3. The first kappa shape index (κ1) is 19.3. The van der Waals surface area contributed by atoms with Gasteiger partial charge in [0.05, 0.1) is 12.2 Å². The molecule has 0 heterocycles. The molecule has 0 amide bonds. The van der Waals surface area contributed by atoms with Gasteiger partial charge in [0, 0.05) is 5.92 Å². The van der Waals surface area contributed by atoms with E-state index in [4.69, 9.17) is 9.47 Å². The fourth-order valence-corrected chi connectivity index (χ4v) is 2.37. The molecule has 0 radical (unpaired) electrons. The second-order valence-corrected chi connectivity index (χ2v) is 6.10. The normalized spacial score (nSPS) is 11.1. The molecule has 0 aliphatic rings. The highest BCUT2D eigenvalue weighted by Gasteiger charge is 2.14. The van der Waals surface area contributed by atoms with Crippen molar-refractivity contribution in [1.82, 2.24) is 0 Å². The van der Waals surface area contributed by atoms with Crippen molar-refractivity contribution in [2.75, 3.05) is 6.61 Å². The number of nitriles is 1. The number of hydrogen-bond donors (Lipinski definition) is 0. The predicted molar refractivity (Wildman–Crippen MR) is 102 cm³/mol. The molecule has 134 valence electrons. The van der Waals surface area contributed by atoms with Gasteiger partial charge in [-0.05, 0) is 36.3 Å². The Kier molecular flexibility index (Phi) is 6.99. The van der Waals surface area contributed by atoms with Crippen LogP contribution < -0.4 is 9.47 Å². The summed E-state index contributed by atoms with van der Waals surface area (Å²) in [6.07, 6.45) is 1.59.